The maximum Gasteiger partial charge on any atom is 0.261 e. The summed E-state index contributed by atoms with van der Waals surface area (Å²) < 4.78 is 5.87. The third kappa shape index (κ3) is 4.34. The predicted octanol–water partition coefficient (Wildman–Crippen LogP) is 4.47. The zero-order valence-electron chi connectivity index (χ0n) is 13.6. The Kier molecular flexibility index (Phi) is 5.61. The van der Waals surface area contributed by atoms with E-state index in [2.05, 4.69) is 24.4 Å². The molecule has 2 rings (SSSR count). The molecule has 0 bridgehead atoms. The number of thiophene rings is 1. The van der Waals surface area contributed by atoms with Gasteiger partial charge in [0.05, 0.1) is 4.88 Å². The summed E-state index contributed by atoms with van der Waals surface area (Å²) in [7, 11) is 0. The van der Waals surface area contributed by atoms with Crippen molar-refractivity contribution in [3.63, 3.8) is 0 Å². The SMILES string of the molecule is CCC(C)NC(=O)c1cc(COc2cc(C)ccc2C)cs1. The number of carbonyl (C=O) groups is 1. The molecule has 1 aromatic carbocycles. The topological polar surface area (TPSA) is 38.3 Å². The summed E-state index contributed by atoms with van der Waals surface area (Å²) >= 11 is 1.46. The molecule has 1 atom stereocenters. The van der Waals surface area contributed by atoms with Crippen molar-refractivity contribution in [1.29, 1.82) is 0 Å². The summed E-state index contributed by atoms with van der Waals surface area (Å²) in [5.41, 5.74) is 3.33. The first-order valence-corrected chi connectivity index (χ1v) is 8.46. The van der Waals surface area contributed by atoms with E-state index in [1.807, 2.05) is 38.3 Å². The Morgan fingerprint density at radius 1 is 1.32 bits per heavy atom. The molecule has 0 aliphatic rings. The van der Waals surface area contributed by atoms with Crippen LogP contribution in [0.4, 0.5) is 0 Å². The molecule has 0 aliphatic heterocycles. The highest BCUT2D eigenvalue weighted by atomic mass is 32.1. The molecule has 1 heterocycles. The lowest BCUT2D eigenvalue weighted by Gasteiger charge is -2.10. The maximum atomic E-state index is 12.1. The summed E-state index contributed by atoms with van der Waals surface area (Å²) in [5.74, 6) is 0.897. The van der Waals surface area contributed by atoms with Crippen molar-refractivity contribution in [2.24, 2.45) is 0 Å². The molecular weight excluding hydrogens is 294 g/mol. The van der Waals surface area contributed by atoms with Gasteiger partial charge in [-0.05, 0) is 55.8 Å². The first-order valence-electron chi connectivity index (χ1n) is 7.58. The van der Waals surface area contributed by atoms with Gasteiger partial charge in [0.1, 0.15) is 12.4 Å². The van der Waals surface area contributed by atoms with Crippen LogP contribution >= 0.6 is 11.3 Å². The van der Waals surface area contributed by atoms with Gasteiger partial charge in [-0.15, -0.1) is 11.3 Å². The molecule has 1 unspecified atom stereocenters. The number of ether oxygens (including phenoxy) is 1. The van der Waals surface area contributed by atoms with E-state index >= 15 is 0 Å². The van der Waals surface area contributed by atoms with E-state index in [1.165, 1.54) is 16.9 Å². The van der Waals surface area contributed by atoms with Gasteiger partial charge in [-0.2, -0.15) is 0 Å². The fourth-order valence-electron chi connectivity index (χ4n) is 1.99. The number of aryl methyl sites for hydroxylation is 2. The van der Waals surface area contributed by atoms with Gasteiger partial charge in [-0.25, -0.2) is 0 Å². The molecule has 0 radical (unpaired) electrons. The van der Waals surface area contributed by atoms with Crippen LogP contribution in [-0.2, 0) is 6.61 Å². The summed E-state index contributed by atoms with van der Waals surface area (Å²) in [4.78, 5) is 12.8. The van der Waals surface area contributed by atoms with Gasteiger partial charge in [0, 0.05) is 11.6 Å². The third-order valence-corrected chi connectivity index (χ3v) is 4.58. The number of carbonyl (C=O) groups excluding carboxylic acids is 1. The number of hydrogen-bond donors (Lipinski definition) is 1. The van der Waals surface area contributed by atoms with Crippen LogP contribution in [-0.4, -0.2) is 11.9 Å². The van der Waals surface area contributed by atoms with Crippen LogP contribution < -0.4 is 10.1 Å². The van der Waals surface area contributed by atoms with E-state index in [9.17, 15) is 4.79 Å². The highest BCUT2D eigenvalue weighted by Gasteiger charge is 2.11. The molecule has 0 fully saturated rings. The van der Waals surface area contributed by atoms with Crippen molar-refractivity contribution in [2.75, 3.05) is 0 Å². The maximum absolute atomic E-state index is 12.1. The van der Waals surface area contributed by atoms with Crippen molar-refractivity contribution >= 4 is 17.2 Å². The van der Waals surface area contributed by atoms with E-state index in [1.54, 1.807) is 0 Å². The molecule has 1 N–H and O–H groups in total. The number of rotatable bonds is 6. The first-order chi connectivity index (χ1) is 10.5. The first kappa shape index (κ1) is 16.6. The molecule has 118 valence electrons. The average Bonchev–Trinajstić information content (AvgIpc) is 2.97. The number of hydrogen-bond acceptors (Lipinski definition) is 3. The molecule has 0 spiro atoms. The predicted molar refractivity (Wildman–Crippen MR) is 91.8 cm³/mol. The average molecular weight is 317 g/mol. The minimum atomic E-state index is -0.00247. The van der Waals surface area contributed by atoms with E-state index in [4.69, 9.17) is 4.74 Å². The summed E-state index contributed by atoms with van der Waals surface area (Å²) in [5, 5.41) is 4.96. The van der Waals surface area contributed by atoms with Crippen molar-refractivity contribution in [3.05, 3.63) is 51.2 Å². The Bertz CT molecular complexity index is 648. The molecule has 1 amide bonds. The fraction of sp³-hybridized carbons (Fsp3) is 0.389. The van der Waals surface area contributed by atoms with Crippen LogP contribution in [0.25, 0.3) is 0 Å². The molecular formula is C18H23NO2S. The van der Waals surface area contributed by atoms with Crippen molar-refractivity contribution < 1.29 is 9.53 Å². The van der Waals surface area contributed by atoms with Gasteiger partial charge in [0.2, 0.25) is 0 Å². The Labute approximate surface area is 136 Å². The highest BCUT2D eigenvalue weighted by molar-refractivity contribution is 7.12. The lowest BCUT2D eigenvalue weighted by atomic mass is 10.1. The monoisotopic (exact) mass is 317 g/mol. The van der Waals surface area contributed by atoms with Gasteiger partial charge in [-0.1, -0.05) is 19.1 Å². The molecule has 22 heavy (non-hydrogen) atoms. The van der Waals surface area contributed by atoms with Crippen LogP contribution in [0.2, 0.25) is 0 Å². The van der Waals surface area contributed by atoms with Crippen molar-refractivity contribution in [3.8, 4) is 5.75 Å². The standard InChI is InChI=1S/C18H23NO2S/c1-5-14(4)19-18(20)17-9-15(11-22-17)10-21-16-8-12(2)6-7-13(16)3/h6-9,11,14H,5,10H2,1-4H3,(H,19,20). The third-order valence-electron chi connectivity index (χ3n) is 3.61. The van der Waals surface area contributed by atoms with Crippen molar-refractivity contribution in [1.82, 2.24) is 5.32 Å². The molecule has 0 saturated carbocycles. The fourth-order valence-corrected chi connectivity index (χ4v) is 2.79. The molecule has 4 heteroatoms. The second-order valence-corrected chi connectivity index (χ2v) is 6.57. The van der Waals surface area contributed by atoms with Crippen LogP contribution in [0, 0.1) is 13.8 Å². The lowest BCUT2D eigenvalue weighted by molar-refractivity contribution is 0.0943. The van der Waals surface area contributed by atoms with Gasteiger partial charge < -0.3 is 10.1 Å². The normalized spacial score (nSPS) is 12.0. The minimum absolute atomic E-state index is 0.00247. The number of nitrogens with one attached hydrogen (secondary N) is 1. The number of benzene rings is 1. The second-order valence-electron chi connectivity index (χ2n) is 5.66. The second kappa shape index (κ2) is 7.45. The lowest BCUT2D eigenvalue weighted by Crippen LogP contribution is -2.31. The Hall–Kier alpha value is -1.81. The van der Waals surface area contributed by atoms with E-state index in [0.717, 1.165) is 28.2 Å². The summed E-state index contributed by atoms with van der Waals surface area (Å²) in [6.07, 6.45) is 0.930. The van der Waals surface area contributed by atoms with Crippen molar-refractivity contribution in [2.45, 2.75) is 46.8 Å². The smallest absolute Gasteiger partial charge is 0.261 e. The Morgan fingerprint density at radius 3 is 2.82 bits per heavy atom. The van der Waals surface area contributed by atoms with E-state index in [0.29, 0.717) is 6.61 Å². The van der Waals surface area contributed by atoms with Crippen LogP contribution in [0.5, 0.6) is 5.75 Å². The van der Waals surface area contributed by atoms with E-state index < -0.39 is 0 Å². The molecule has 1 aromatic heterocycles. The summed E-state index contributed by atoms with van der Waals surface area (Å²) in [6.45, 7) is 8.64. The van der Waals surface area contributed by atoms with Gasteiger partial charge in [0.15, 0.2) is 0 Å². The molecule has 0 saturated heterocycles. The molecule has 3 nitrogen and oxygen atoms in total. The van der Waals surface area contributed by atoms with Gasteiger partial charge >= 0.3 is 0 Å². The van der Waals surface area contributed by atoms with Crippen LogP contribution in [0.15, 0.2) is 29.6 Å². The largest absolute Gasteiger partial charge is 0.489 e. The summed E-state index contributed by atoms with van der Waals surface area (Å²) in [6, 6.07) is 8.28. The van der Waals surface area contributed by atoms with Gasteiger partial charge in [0.25, 0.3) is 5.91 Å². The van der Waals surface area contributed by atoms with Crippen LogP contribution in [0.3, 0.4) is 0 Å². The highest BCUT2D eigenvalue weighted by Crippen LogP contribution is 2.22. The van der Waals surface area contributed by atoms with Gasteiger partial charge in [-0.3, -0.25) is 4.79 Å². The molecule has 2 aromatic rings. The zero-order chi connectivity index (χ0) is 16.1. The Morgan fingerprint density at radius 2 is 2.09 bits per heavy atom. The minimum Gasteiger partial charge on any atom is -0.489 e. The molecule has 0 aliphatic carbocycles. The zero-order valence-corrected chi connectivity index (χ0v) is 14.4. The number of amides is 1. The van der Waals surface area contributed by atoms with Crippen LogP contribution in [0.1, 0.15) is 46.6 Å². The quantitative estimate of drug-likeness (QED) is 0.853. The Balaban J connectivity index is 1.97. The van der Waals surface area contributed by atoms with E-state index in [-0.39, 0.29) is 11.9 Å².